The molecule has 0 unspecified atom stereocenters. The van der Waals surface area contributed by atoms with E-state index in [1.54, 1.807) is 6.92 Å². The van der Waals surface area contributed by atoms with Gasteiger partial charge in [0, 0.05) is 6.08 Å². The molecule has 0 radical (unpaired) electrons. The van der Waals surface area contributed by atoms with Crippen molar-refractivity contribution in [2.45, 2.75) is 53.9 Å². The Kier molecular flexibility index (Phi) is 8.98. The molecule has 1 aliphatic carbocycles. The van der Waals surface area contributed by atoms with Crippen molar-refractivity contribution < 1.29 is 9.53 Å². The Morgan fingerprint density at radius 3 is 2.40 bits per heavy atom. The van der Waals surface area contributed by atoms with Crippen molar-refractivity contribution in [2.75, 3.05) is 6.61 Å². The van der Waals surface area contributed by atoms with Crippen LogP contribution in [-0.4, -0.2) is 12.6 Å². The molecule has 1 aliphatic rings. The molecule has 25 heavy (non-hydrogen) atoms. The zero-order valence-corrected chi connectivity index (χ0v) is 16.3. The average Bonchev–Trinajstić information content (AvgIpc) is 2.52. The molecule has 0 aliphatic heterocycles. The minimum atomic E-state index is -0.297. The van der Waals surface area contributed by atoms with Gasteiger partial charge in [0.05, 0.1) is 6.61 Å². The summed E-state index contributed by atoms with van der Waals surface area (Å²) < 4.78 is 4.87. The van der Waals surface area contributed by atoms with E-state index in [-0.39, 0.29) is 11.4 Å². The molecule has 136 valence electrons. The lowest BCUT2D eigenvalue weighted by Gasteiger charge is -2.32. The van der Waals surface area contributed by atoms with E-state index in [1.165, 1.54) is 36.5 Å². The number of hydrogen-bond donors (Lipinski definition) is 0. The van der Waals surface area contributed by atoms with Crippen molar-refractivity contribution in [1.82, 2.24) is 0 Å². The molecule has 0 atom stereocenters. The number of hydrogen-bond acceptors (Lipinski definition) is 2. The van der Waals surface area contributed by atoms with Crippen molar-refractivity contribution in [3.63, 3.8) is 0 Å². The van der Waals surface area contributed by atoms with Gasteiger partial charge in [-0.05, 0) is 56.6 Å². The van der Waals surface area contributed by atoms with Gasteiger partial charge in [0.2, 0.25) is 0 Å². The molecule has 1 rings (SSSR count). The largest absolute Gasteiger partial charge is 0.463 e. The smallest absolute Gasteiger partial charge is 0.330 e. The summed E-state index contributed by atoms with van der Waals surface area (Å²) in [4.78, 5) is 11.3. The number of rotatable bonds is 7. The topological polar surface area (TPSA) is 26.3 Å². The lowest BCUT2D eigenvalue weighted by Crippen LogP contribution is -2.18. The van der Waals surface area contributed by atoms with E-state index in [2.05, 4.69) is 39.0 Å². The Balaban J connectivity index is 2.51. The minimum Gasteiger partial charge on any atom is -0.463 e. The molecule has 0 spiro atoms. The number of esters is 1. The highest BCUT2D eigenvalue weighted by Gasteiger charge is 2.26. The van der Waals surface area contributed by atoms with Gasteiger partial charge in [-0.2, -0.15) is 0 Å². The highest BCUT2D eigenvalue weighted by Crippen LogP contribution is 2.40. The van der Waals surface area contributed by atoms with Crippen molar-refractivity contribution in [1.29, 1.82) is 0 Å². The van der Waals surface area contributed by atoms with Gasteiger partial charge in [-0.3, -0.25) is 0 Å². The van der Waals surface area contributed by atoms with Crippen molar-refractivity contribution in [3.05, 3.63) is 71.4 Å². The highest BCUT2D eigenvalue weighted by atomic mass is 16.5. The predicted octanol–water partition coefficient (Wildman–Crippen LogP) is 6.25. The average molecular weight is 341 g/mol. The molecule has 0 aromatic rings. The number of carbonyl (C=O) groups excluding carboxylic acids is 1. The molecule has 2 nitrogen and oxygen atoms in total. The molecule has 0 N–H and O–H groups in total. The Bertz CT molecular complexity index is 622. The van der Waals surface area contributed by atoms with Gasteiger partial charge in [0.15, 0.2) is 0 Å². The summed E-state index contributed by atoms with van der Waals surface area (Å²) in [7, 11) is 0. The Labute approximate surface area is 153 Å². The van der Waals surface area contributed by atoms with Crippen LogP contribution in [0.15, 0.2) is 71.4 Å². The molecule has 2 heteroatoms. The Hall–Kier alpha value is -2.09. The molecule has 0 saturated carbocycles. The molecule has 0 saturated heterocycles. The van der Waals surface area contributed by atoms with Crippen LogP contribution in [0.4, 0.5) is 0 Å². The molecule has 0 aromatic carbocycles. The summed E-state index contributed by atoms with van der Waals surface area (Å²) in [6.07, 6.45) is 21.4. The summed E-state index contributed by atoms with van der Waals surface area (Å²) >= 11 is 0. The number of ether oxygens (including phenoxy) is 1. The first-order valence-electron chi connectivity index (χ1n) is 9.10. The maximum atomic E-state index is 11.3. The first-order valence-corrected chi connectivity index (χ1v) is 9.10. The van der Waals surface area contributed by atoms with Crippen molar-refractivity contribution in [2.24, 2.45) is 5.41 Å². The third-order valence-corrected chi connectivity index (χ3v) is 4.35. The fourth-order valence-corrected chi connectivity index (χ4v) is 3.04. The monoisotopic (exact) mass is 340 g/mol. The maximum absolute atomic E-state index is 11.3. The molecule has 0 aromatic heterocycles. The number of carbonyl (C=O) groups is 1. The number of allylic oxidation sites excluding steroid dienone is 11. The fraction of sp³-hybridized carbons (Fsp3) is 0.435. The zero-order valence-electron chi connectivity index (χ0n) is 16.3. The van der Waals surface area contributed by atoms with Crippen molar-refractivity contribution in [3.8, 4) is 0 Å². The van der Waals surface area contributed by atoms with Crippen LogP contribution < -0.4 is 0 Å². The second-order valence-electron chi connectivity index (χ2n) is 7.06. The van der Waals surface area contributed by atoms with Crippen LogP contribution in [-0.2, 0) is 9.53 Å². The minimum absolute atomic E-state index is 0.286. The van der Waals surface area contributed by atoms with E-state index in [9.17, 15) is 4.79 Å². The standard InChI is InChI=1S/C23H32O2/c1-6-25-22(24)18-19(2)14-11-9-7-8-10-12-16-21-20(3)15-13-17-23(21,4)5/h7-12,14,16,18H,6,13,15,17H2,1-5H3/b9-7+,10-8+,14-11+,16-12+,19-18+. The normalized spacial score (nSPS) is 19.0. The highest BCUT2D eigenvalue weighted by molar-refractivity contribution is 5.83. The summed E-state index contributed by atoms with van der Waals surface area (Å²) in [5, 5.41) is 0. The summed E-state index contributed by atoms with van der Waals surface area (Å²) in [6.45, 7) is 11.0. The van der Waals surface area contributed by atoms with Gasteiger partial charge in [0.1, 0.15) is 0 Å². The lowest BCUT2D eigenvalue weighted by atomic mass is 9.73. The SMILES string of the molecule is CCOC(=O)/C=C(C)/C=C/C=C/C=C/C=C/C1=C(C)CCCC1(C)C. The summed E-state index contributed by atoms with van der Waals surface area (Å²) in [6, 6.07) is 0. The molecule has 0 bridgehead atoms. The third-order valence-electron chi connectivity index (χ3n) is 4.35. The van der Waals surface area contributed by atoms with E-state index >= 15 is 0 Å². The Morgan fingerprint density at radius 2 is 1.76 bits per heavy atom. The predicted molar refractivity (Wildman–Crippen MR) is 107 cm³/mol. The second kappa shape index (κ2) is 10.7. The van der Waals surface area contributed by atoms with E-state index in [1.807, 2.05) is 37.3 Å². The van der Waals surface area contributed by atoms with E-state index in [4.69, 9.17) is 4.74 Å². The van der Waals surface area contributed by atoms with Crippen LogP contribution in [0, 0.1) is 5.41 Å². The quantitative estimate of drug-likeness (QED) is 0.311. The van der Waals surface area contributed by atoms with Crippen LogP contribution in [0.3, 0.4) is 0 Å². The molecular weight excluding hydrogens is 308 g/mol. The Morgan fingerprint density at radius 1 is 1.12 bits per heavy atom. The fourth-order valence-electron chi connectivity index (χ4n) is 3.04. The van der Waals surface area contributed by atoms with Gasteiger partial charge < -0.3 is 4.74 Å². The van der Waals surface area contributed by atoms with Gasteiger partial charge in [-0.1, -0.05) is 68.0 Å². The molecule has 0 amide bonds. The van der Waals surface area contributed by atoms with Crippen LogP contribution in [0.2, 0.25) is 0 Å². The van der Waals surface area contributed by atoms with Crippen LogP contribution in [0.1, 0.15) is 53.9 Å². The third kappa shape index (κ3) is 8.02. The summed E-state index contributed by atoms with van der Waals surface area (Å²) in [5.74, 6) is -0.297. The van der Waals surface area contributed by atoms with Gasteiger partial charge in [-0.25, -0.2) is 4.79 Å². The first kappa shape index (κ1) is 21.0. The zero-order chi connectivity index (χ0) is 18.7. The van der Waals surface area contributed by atoms with Crippen LogP contribution >= 0.6 is 0 Å². The van der Waals surface area contributed by atoms with Crippen LogP contribution in [0.5, 0.6) is 0 Å². The van der Waals surface area contributed by atoms with Crippen molar-refractivity contribution >= 4 is 5.97 Å². The van der Waals surface area contributed by atoms with E-state index in [0.717, 1.165) is 5.57 Å². The lowest BCUT2D eigenvalue weighted by molar-refractivity contribution is -0.137. The van der Waals surface area contributed by atoms with Gasteiger partial charge in [-0.15, -0.1) is 0 Å². The maximum Gasteiger partial charge on any atom is 0.330 e. The molecule has 0 fully saturated rings. The molecule has 0 heterocycles. The van der Waals surface area contributed by atoms with Gasteiger partial charge >= 0.3 is 5.97 Å². The first-order chi connectivity index (χ1) is 11.9. The second-order valence-corrected chi connectivity index (χ2v) is 7.06. The summed E-state index contributed by atoms with van der Waals surface area (Å²) in [5.41, 5.74) is 4.15. The van der Waals surface area contributed by atoms with E-state index < -0.39 is 0 Å². The molecular formula is C23H32O2. The van der Waals surface area contributed by atoms with Crippen LogP contribution in [0.25, 0.3) is 0 Å². The van der Waals surface area contributed by atoms with Gasteiger partial charge in [0.25, 0.3) is 0 Å². The van der Waals surface area contributed by atoms with E-state index in [0.29, 0.717) is 6.61 Å².